The number of hydrogen-bond acceptors (Lipinski definition) is 1. The second-order valence-electron chi connectivity index (χ2n) is 3.66. The van der Waals surface area contributed by atoms with Gasteiger partial charge in [0, 0.05) is 5.92 Å². The summed E-state index contributed by atoms with van der Waals surface area (Å²) in [6.45, 7) is 6.26. The van der Waals surface area contributed by atoms with Crippen LogP contribution in [0, 0.1) is 13.8 Å². The van der Waals surface area contributed by atoms with Crippen LogP contribution in [0.5, 0.6) is 0 Å². The summed E-state index contributed by atoms with van der Waals surface area (Å²) in [6.07, 6.45) is 0.951. The van der Waals surface area contributed by atoms with Crippen molar-refractivity contribution >= 4 is 22.2 Å². The molecule has 0 aliphatic carbocycles. The normalized spacial score (nSPS) is 14.9. The molecule has 0 aliphatic rings. The number of hydrogen-bond donors (Lipinski definition) is 0. The van der Waals surface area contributed by atoms with Crippen LogP contribution in [0.2, 0.25) is 0 Å². The number of aldehydes is 1. The van der Waals surface area contributed by atoms with Crippen molar-refractivity contribution in [3.8, 4) is 0 Å². The fourth-order valence-electron chi connectivity index (χ4n) is 1.56. The number of aryl methyl sites for hydroxylation is 1. The summed E-state index contributed by atoms with van der Waals surface area (Å²) in [5.41, 5.74) is 3.81. The van der Waals surface area contributed by atoms with Crippen molar-refractivity contribution < 1.29 is 4.79 Å². The van der Waals surface area contributed by atoms with E-state index >= 15 is 0 Å². The van der Waals surface area contributed by atoms with E-state index in [1.54, 1.807) is 0 Å². The van der Waals surface area contributed by atoms with Crippen molar-refractivity contribution in [2.75, 3.05) is 0 Å². The zero-order chi connectivity index (χ0) is 10.7. The number of halogens is 1. The molecule has 0 heterocycles. The van der Waals surface area contributed by atoms with E-state index in [-0.39, 0.29) is 10.7 Å². The third-order valence-corrected chi connectivity index (χ3v) is 3.75. The van der Waals surface area contributed by atoms with Crippen LogP contribution in [0.15, 0.2) is 18.2 Å². The standard InChI is InChI=1S/C12H15BrO/c1-8-5-4-6-11(9(8)2)10(3)12(13)7-14/h4-7,10,12H,1-3H3/t10-,12-/m1/s1. The van der Waals surface area contributed by atoms with Crippen molar-refractivity contribution in [2.45, 2.75) is 31.5 Å². The minimum atomic E-state index is -0.0944. The third-order valence-electron chi connectivity index (χ3n) is 2.74. The first kappa shape index (κ1) is 11.4. The van der Waals surface area contributed by atoms with Crippen LogP contribution in [-0.4, -0.2) is 11.1 Å². The molecular formula is C12H15BrO. The molecule has 0 N–H and O–H groups in total. The maximum absolute atomic E-state index is 10.7. The van der Waals surface area contributed by atoms with E-state index in [0.717, 1.165) is 6.29 Å². The molecule has 0 aromatic heterocycles. The molecule has 76 valence electrons. The van der Waals surface area contributed by atoms with E-state index in [0.29, 0.717) is 0 Å². The number of alkyl halides is 1. The van der Waals surface area contributed by atoms with E-state index in [4.69, 9.17) is 0 Å². The highest BCUT2D eigenvalue weighted by Gasteiger charge is 2.17. The van der Waals surface area contributed by atoms with E-state index in [1.165, 1.54) is 16.7 Å². The van der Waals surface area contributed by atoms with Gasteiger partial charge in [-0.05, 0) is 30.5 Å². The summed E-state index contributed by atoms with van der Waals surface area (Å²) in [5, 5.41) is 0. The van der Waals surface area contributed by atoms with Crippen LogP contribution < -0.4 is 0 Å². The average Bonchev–Trinajstić information content (AvgIpc) is 2.20. The Labute approximate surface area is 93.7 Å². The second kappa shape index (κ2) is 4.74. The summed E-state index contributed by atoms with van der Waals surface area (Å²) < 4.78 is 0. The van der Waals surface area contributed by atoms with Gasteiger partial charge >= 0.3 is 0 Å². The quantitative estimate of drug-likeness (QED) is 0.597. The Morgan fingerprint density at radius 2 is 2.00 bits per heavy atom. The first-order valence-electron chi connectivity index (χ1n) is 4.73. The lowest BCUT2D eigenvalue weighted by atomic mass is 9.92. The van der Waals surface area contributed by atoms with Crippen LogP contribution in [0.4, 0.5) is 0 Å². The molecule has 0 radical (unpaired) electrons. The fourth-order valence-corrected chi connectivity index (χ4v) is 1.84. The molecule has 1 aromatic rings. The number of carbonyl (C=O) groups excluding carboxylic acids is 1. The highest BCUT2D eigenvalue weighted by Crippen LogP contribution is 2.27. The number of benzene rings is 1. The van der Waals surface area contributed by atoms with Crippen LogP contribution >= 0.6 is 15.9 Å². The van der Waals surface area contributed by atoms with Crippen LogP contribution in [-0.2, 0) is 4.79 Å². The van der Waals surface area contributed by atoms with Gasteiger partial charge in [-0.1, -0.05) is 41.1 Å². The molecule has 1 aromatic carbocycles. The Morgan fingerprint density at radius 3 is 2.57 bits per heavy atom. The molecule has 2 heteroatoms. The smallest absolute Gasteiger partial charge is 0.134 e. The summed E-state index contributed by atoms with van der Waals surface area (Å²) in [6, 6.07) is 6.22. The third kappa shape index (κ3) is 2.24. The predicted molar refractivity (Wildman–Crippen MR) is 63.1 cm³/mol. The van der Waals surface area contributed by atoms with Gasteiger partial charge in [-0.3, -0.25) is 0 Å². The van der Waals surface area contributed by atoms with Crippen molar-refractivity contribution in [3.63, 3.8) is 0 Å². The number of carbonyl (C=O) groups is 1. The molecule has 0 bridgehead atoms. The molecule has 0 amide bonds. The Hall–Kier alpha value is -0.630. The van der Waals surface area contributed by atoms with Gasteiger partial charge in [-0.25, -0.2) is 0 Å². The maximum atomic E-state index is 10.7. The van der Waals surface area contributed by atoms with E-state index in [9.17, 15) is 4.79 Å². The summed E-state index contributed by atoms with van der Waals surface area (Å²) in [7, 11) is 0. The van der Waals surface area contributed by atoms with Gasteiger partial charge in [0.05, 0.1) is 4.83 Å². The molecule has 14 heavy (non-hydrogen) atoms. The molecule has 2 atom stereocenters. The first-order valence-corrected chi connectivity index (χ1v) is 5.65. The second-order valence-corrected chi connectivity index (χ2v) is 4.72. The van der Waals surface area contributed by atoms with E-state index < -0.39 is 0 Å². The van der Waals surface area contributed by atoms with E-state index in [2.05, 4.69) is 48.8 Å². The lowest BCUT2D eigenvalue weighted by Crippen LogP contribution is -2.11. The Balaban J connectivity index is 3.06. The molecule has 0 saturated carbocycles. The van der Waals surface area contributed by atoms with Gasteiger partial charge in [0.1, 0.15) is 6.29 Å². The molecule has 0 aliphatic heterocycles. The highest BCUT2D eigenvalue weighted by atomic mass is 79.9. The van der Waals surface area contributed by atoms with Gasteiger partial charge in [0.25, 0.3) is 0 Å². The summed E-state index contributed by atoms with van der Waals surface area (Å²) in [5.74, 6) is 0.229. The molecule has 0 unspecified atom stereocenters. The predicted octanol–water partition coefficient (Wildman–Crippen LogP) is 3.37. The van der Waals surface area contributed by atoms with Crippen LogP contribution in [0.3, 0.4) is 0 Å². The molecule has 1 nitrogen and oxygen atoms in total. The Bertz CT molecular complexity index is 333. The minimum absolute atomic E-state index is 0.0944. The molecule has 1 rings (SSSR count). The van der Waals surface area contributed by atoms with E-state index in [1.807, 2.05) is 6.07 Å². The minimum Gasteiger partial charge on any atom is -0.302 e. The Kier molecular flexibility index (Phi) is 3.87. The fraction of sp³-hybridized carbons (Fsp3) is 0.417. The topological polar surface area (TPSA) is 17.1 Å². The zero-order valence-corrected chi connectivity index (χ0v) is 10.3. The van der Waals surface area contributed by atoms with Gasteiger partial charge < -0.3 is 4.79 Å². The van der Waals surface area contributed by atoms with Gasteiger partial charge in [-0.15, -0.1) is 0 Å². The molecular weight excluding hydrogens is 240 g/mol. The Morgan fingerprint density at radius 1 is 1.36 bits per heavy atom. The first-order chi connectivity index (χ1) is 6.57. The zero-order valence-electron chi connectivity index (χ0n) is 8.75. The van der Waals surface area contributed by atoms with Crippen LogP contribution in [0.25, 0.3) is 0 Å². The summed E-state index contributed by atoms with van der Waals surface area (Å²) >= 11 is 3.37. The van der Waals surface area contributed by atoms with Crippen molar-refractivity contribution in [2.24, 2.45) is 0 Å². The lowest BCUT2D eigenvalue weighted by Gasteiger charge is -2.17. The van der Waals surface area contributed by atoms with Crippen molar-refractivity contribution in [1.82, 2.24) is 0 Å². The van der Waals surface area contributed by atoms with Gasteiger partial charge in [-0.2, -0.15) is 0 Å². The number of rotatable bonds is 3. The average molecular weight is 255 g/mol. The van der Waals surface area contributed by atoms with Crippen molar-refractivity contribution in [3.05, 3.63) is 34.9 Å². The largest absolute Gasteiger partial charge is 0.302 e. The van der Waals surface area contributed by atoms with Gasteiger partial charge in [0.2, 0.25) is 0 Å². The molecule has 0 spiro atoms. The molecule has 0 fully saturated rings. The maximum Gasteiger partial charge on any atom is 0.134 e. The highest BCUT2D eigenvalue weighted by molar-refractivity contribution is 9.10. The summed E-state index contributed by atoms with van der Waals surface area (Å²) in [4.78, 5) is 10.6. The molecule has 0 saturated heterocycles. The van der Waals surface area contributed by atoms with Crippen LogP contribution in [0.1, 0.15) is 29.5 Å². The monoisotopic (exact) mass is 254 g/mol. The van der Waals surface area contributed by atoms with Gasteiger partial charge in [0.15, 0.2) is 0 Å². The lowest BCUT2D eigenvalue weighted by molar-refractivity contribution is -0.107. The van der Waals surface area contributed by atoms with Crippen molar-refractivity contribution in [1.29, 1.82) is 0 Å². The SMILES string of the molecule is Cc1cccc([C@@H](C)[C@H](Br)C=O)c1C.